The van der Waals surface area contributed by atoms with Crippen molar-refractivity contribution in [3.63, 3.8) is 0 Å². The van der Waals surface area contributed by atoms with Crippen molar-refractivity contribution in [3.05, 3.63) is 81.9 Å². The van der Waals surface area contributed by atoms with Crippen LogP contribution in [0.25, 0.3) is 10.9 Å². The molecule has 1 atom stereocenters. The number of amides is 1. The van der Waals surface area contributed by atoms with E-state index in [2.05, 4.69) is 25.5 Å². The molecule has 2 aromatic carbocycles. The summed E-state index contributed by atoms with van der Waals surface area (Å²) in [4.78, 5) is 32.4. The molecule has 0 radical (unpaired) electrons. The Morgan fingerprint density at radius 2 is 1.88 bits per heavy atom. The average molecular weight is 481 g/mol. The molecule has 2 heterocycles. The summed E-state index contributed by atoms with van der Waals surface area (Å²) in [7, 11) is 0. The van der Waals surface area contributed by atoms with E-state index in [9.17, 15) is 14.0 Å². The summed E-state index contributed by atoms with van der Waals surface area (Å²) < 4.78 is 16.0. The van der Waals surface area contributed by atoms with Gasteiger partial charge in [0, 0.05) is 6.54 Å². The number of para-hydroxylation sites is 1. The molecule has 0 spiro atoms. The van der Waals surface area contributed by atoms with Crippen LogP contribution in [0.3, 0.4) is 0 Å². The zero-order valence-electron chi connectivity index (χ0n) is 19.1. The number of nitrogens with one attached hydrogen (secondary N) is 2. The number of thioether (sulfide) groups is 1. The van der Waals surface area contributed by atoms with E-state index < -0.39 is 17.8 Å². The van der Waals surface area contributed by atoms with Gasteiger partial charge in [-0.1, -0.05) is 49.9 Å². The Bertz CT molecular complexity index is 1380. The number of H-pyrrole nitrogens is 1. The summed E-state index contributed by atoms with van der Waals surface area (Å²) in [6.45, 7) is 6.45. The van der Waals surface area contributed by atoms with Gasteiger partial charge in [-0.2, -0.15) is 0 Å². The number of fused-ring (bicyclic) bond motifs is 1. The highest BCUT2D eigenvalue weighted by Crippen LogP contribution is 2.27. The minimum absolute atomic E-state index is 0.0124. The number of carbonyl (C=O) groups excluding carboxylic acids is 1. The lowest BCUT2D eigenvalue weighted by Gasteiger charge is -2.22. The number of aromatic amines is 1. The quantitative estimate of drug-likeness (QED) is 0.368. The second-order valence-electron chi connectivity index (χ2n) is 8.08. The van der Waals surface area contributed by atoms with Gasteiger partial charge in [0.05, 0.1) is 28.3 Å². The molecule has 0 fully saturated rings. The Hall–Kier alpha value is -3.53. The van der Waals surface area contributed by atoms with E-state index in [1.165, 1.54) is 23.9 Å². The van der Waals surface area contributed by atoms with Crippen LogP contribution in [0.2, 0.25) is 0 Å². The predicted octanol–water partition coefficient (Wildman–Crippen LogP) is 4.09. The van der Waals surface area contributed by atoms with E-state index >= 15 is 0 Å². The van der Waals surface area contributed by atoms with E-state index in [1.54, 1.807) is 30.3 Å². The monoisotopic (exact) mass is 480 g/mol. The second kappa shape index (κ2) is 10.2. The van der Waals surface area contributed by atoms with Gasteiger partial charge in [-0.05, 0) is 37.1 Å². The number of benzene rings is 2. The Balaban J connectivity index is 1.56. The largest absolute Gasteiger partial charge is 0.342 e. The standard InChI is InChI=1S/C24H25FN6O2S/c1-4-31-21(20(14(2)3)28-22(32)15-9-5-7-11-17(15)25)29-30-24(31)34-13-19-26-18-12-8-6-10-16(18)23(33)27-19/h5-12,14,20H,4,13H2,1-3H3,(H,28,32)(H,26,27,33)/t20-/m1/s1. The van der Waals surface area contributed by atoms with Crippen LogP contribution < -0.4 is 10.9 Å². The highest BCUT2D eigenvalue weighted by atomic mass is 32.2. The fourth-order valence-corrected chi connectivity index (χ4v) is 4.54. The molecule has 8 nitrogen and oxygen atoms in total. The summed E-state index contributed by atoms with van der Waals surface area (Å²) in [5, 5.41) is 12.8. The van der Waals surface area contributed by atoms with Gasteiger partial charge in [0.15, 0.2) is 11.0 Å². The van der Waals surface area contributed by atoms with Gasteiger partial charge in [0.25, 0.3) is 11.5 Å². The summed E-state index contributed by atoms with van der Waals surface area (Å²) in [6, 6.07) is 12.6. The van der Waals surface area contributed by atoms with Crippen molar-refractivity contribution >= 4 is 28.6 Å². The van der Waals surface area contributed by atoms with Crippen LogP contribution in [0.4, 0.5) is 4.39 Å². The maximum Gasteiger partial charge on any atom is 0.258 e. The van der Waals surface area contributed by atoms with Gasteiger partial charge < -0.3 is 14.9 Å². The molecule has 4 rings (SSSR count). The Kier molecular flexibility index (Phi) is 7.06. The van der Waals surface area contributed by atoms with Crippen molar-refractivity contribution in [3.8, 4) is 0 Å². The van der Waals surface area contributed by atoms with Crippen molar-refractivity contribution < 1.29 is 9.18 Å². The molecule has 2 aromatic heterocycles. The first-order valence-corrected chi connectivity index (χ1v) is 12.0. The summed E-state index contributed by atoms with van der Waals surface area (Å²) in [6.07, 6.45) is 0. The predicted molar refractivity (Wildman–Crippen MR) is 129 cm³/mol. The molecule has 4 aromatic rings. The number of carbonyl (C=O) groups is 1. The van der Waals surface area contributed by atoms with Crippen molar-refractivity contribution in [1.82, 2.24) is 30.0 Å². The molecule has 176 valence electrons. The van der Waals surface area contributed by atoms with Gasteiger partial charge in [0.2, 0.25) is 0 Å². The second-order valence-corrected chi connectivity index (χ2v) is 9.02. The normalized spacial score (nSPS) is 12.3. The van der Waals surface area contributed by atoms with Crippen molar-refractivity contribution in [1.29, 1.82) is 0 Å². The lowest BCUT2D eigenvalue weighted by Crippen LogP contribution is -2.34. The molecule has 0 aliphatic heterocycles. The molecular formula is C24H25FN6O2S. The average Bonchev–Trinajstić information content (AvgIpc) is 3.23. The molecule has 0 aliphatic carbocycles. The molecule has 0 aliphatic rings. The SMILES string of the molecule is CCn1c(SCc2nc3ccccc3c(=O)[nH]2)nnc1[C@H](NC(=O)c1ccccc1F)C(C)C. The van der Waals surface area contributed by atoms with E-state index in [4.69, 9.17) is 0 Å². The Morgan fingerprint density at radius 1 is 1.15 bits per heavy atom. The number of hydrogen-bond acceptors (Lipinski definition) is 6. The summed E-state index contributed by atoms with van der Waals surface area (Å²) in [5.74, 6) is 0.425. The topological polar surface area (TPSA) is 106 Å². The van der Waals surface area contributed by atoms with Crippen LogP contribution in [0.5, 0.6) is 0 Å². The fourth-order valence-electron chi connectivity index (χ4n) is 3.66. The van der Waals surface area contributed by atoms with Gasteiger partial charge in [-0.25, -0.2) is 9.37 Å². The lowest BCUT2D eigenvalue weighted by atomic mass is 10.0. The summed E-state index contributed by atoms with van der Waals surface area (Å²) in [5.41, 5.74) is 0.432. The van der Waals surface area contributed by atoms with Gasteiger partial charge in [0.1, 0.15) is 11.6 Å². The highest BCUT2D eigenvalue weighted by Gasteiger charge is 2.27. The number of nitrogens with zero attached hydrogens (tertiary/aromatic N) is 4. The Labute approximate surface area is 200 Å². The number of rotatable bonds is 8. The zero-order valence-corrected chi connectivity index (χ0v) is 19.9. The maximum absolute atomic E-state index is 14.1. The molecule has 34 heavy (non-hydrogen) atoms. The molecule has 2 N–H and O–H groups in total. The Morgan fingerprint density at radius 3 is 2.62 bits per heavy atom. The molecule has 0 saturated carbocycles. The summed E-state index contributed by atoms with van der Waals surface area (Å²) >= 11 is 1.39. The number of aromatic nitrogens is 5. The first-order valence-electron chi connectivity index (χ1n) is 11.0. The minimum Gasteiger partial charge on any atom is -0.342 e. The van der Waals surface area contributed by atoms with E-state index in [0.29, 0.717) is 40.0 Å². The van der Waals surface area contributed by atoms with Crippen molar-refractivity contribution in [2.45, 2.75) is 44.3 Å². The van der Waals surface area contributed by atoms with Crippen LogP contribution in [0, 0.1) is 11.7 Å². The maximum atomic E-state index is 14.1. The van der Waals surface area contributed by atoms with Gasteiger partial charge in [-0.15, -0.1) is 10.2 Å². The van der Waals surface area contributed by atoms with Crippen molar-refractivity contribution in [2.75, 3.05) is 0 Å². The van der Waals surface area contributed by atoms with E-state index in [-0.39, 0.29) is 17.0 Å². The lowest BCUT2D eigenvalue weighted by molar-refractivity contribution is 0.0917. The smallest absolute Gasteiger partial charge is 0.258 e. The molecule has 0 unspecified atom stereocenters. The van der Waals surface area contributed by atoms with Gasteiger partial charge >= 0.3 is 0 Å². The number of hydrogen-bond donors (Lipinski definition) is 2. The number of halogens is 1. The van der Waals surface area contributed by atoms with E-state index in [1.807, 2.05) is 31.4 Å². The molecule has 10 heteroatoms. The van der Waals surface area contributed by atoms with Crippen LogP contribution in [0.1, 0.15) is 48.8 Å². The first kappa shape index (κ1) is 23.6. The third-order valence-corrected chi connectivity index (χ3v) is 6.39. The van der Waals surface area contributed by atoms with Crippen LogP contribution in [-0.4, -0.2) is 30.6 Å². The molecule has 1 amide bonds. The van der Waals surface area contributed by atoms with Crippen LogP contribution >= 0.6 is 11.8 Å². The van der Waals surface area contributed by atoms with Crippen LogP contribution in [-0.2, 0) is 12.3 Å². The van der Waals surface area contributed by atoms with Crippen molar-refractivity contribution in [2.24, 2.45) is 5.92 Å². The molecule has 0 saturated heterocycles. The molecule has 0 bridgehead atoms. The van der Waals surface area contributed by atoms with Gasteiger partial charge in [-0.3, -0.25) is 9.59 Å². The zero-order chi connectivity index (χ0) is 24.2. The highest BCUT2D eigenvalue weighted by molar-refractivity contribution is 7.98. The molecular weight excluding hydrogens is 455 g/mol. The van der Waals surface area contributed by atoms with E-state index in [0.717, 1.165) is 0 Å². The van der Waals surface area contributed by atoms with Crippen LogP contribution in [0.15, 0.2) is 58.5 Å². The third kappa shape index (κ3) is 4.86. The third-order valence-electron chi connectivity index (χ3n) is 5.41. The first-order chi connectivity index (χ1) is 16.4. The fraction of sp³-hybridized carbons (Fsp3) is 0.292. The minimum atomic E-state index is -0.576.